The van der Waals surface area contributed by atoms with Crippen LogP contribution in [0.15, 0.2) is 48.5 Å². The molecule has 8 heteroatoms. The SMILES string of the molecule is C[C@H](O)[C@H]1N[C@]2(C(=O)Nc3ccccc32)[C@@H]2C(=O)N(Cc3ccc(F)cc3)C(=O)[C@H]12. The van der Waals surface area contributed by atoms with Crippen LogP contribution in [0.3, 0.4) is 0 Å². The molecule has 0 radical (unpaired) electrons. The third-order valence-corrected chi connectivity index (χ3v) is 6.42. The number of anilines is 1. The van der Waals surface area contributed by atoms with Crippen molar-refractivity contribution in [3.63, 3.8) is 0 Å². The highest BCUT2D eigenvalue weighted by Crippen LogP contribution is 2.53. The molecule has 2 fully saturated rings. The fourth-order valence-corrected chi connectivity index (χ4v) is 5.09. The molecule has 30 heavy (non-hydrogen) atoms. The minimum absolute atomic E-state index is 0.0170. The molecule has 5 atom stereocenters. The molecule has 0 aromatic heterocycles. The Morgan fingerprint density at radius 3 is 2.50 bits per heavy atom. The number of nitrogens with one attached hydrogen (secondary N) is 2. The smallest absolute Gasteiger partial charge is 0.250 e. The molecule has 2 aromatic rings. The summed E-state index contributed by atoms with van der Waals surface area (Å²) >= 11 is 0. The van der Waals surface area contributed by atoms with Gasteiger partial charge in [-0.3, -0.25) is 24.6 Å². The van der Waals surface area contributed by atoms with E-state index in [-0.39, 0.29) is 6.54 Å². The number of hydrogen-bond acceptors (Lipinski definition) is 5. The Balaban J connectivity index is 1.59. The second-order valence-corrected chi connectivity index (χ2v) is 8.11. The average Bonchev–Trinajstić information content (AvgIpc) is 3.31. The van der Waals surface area contributed by atoms with E-state index < -0.39 is 53.1 Å². The maximum Gasteiger partial charge on any atom is 0.250 e. The maximum atomic E-state index is 13.5. The molecule has 7 nitrogen and oxygen atoms in total. The Hall–Kier alpha value is -3.10. The summed E-state index contributed by atoms with van der Waals surface area (Å²) in [5.41, 5.74) is 0.354. The first-order valence-electron chi connectivity index (χ1n) is 9.81. The maximum absolute atomic E-state index is 13.5. The van der Waals surface area contributed by atoms with Crippen molar-refractivity contribution in [2.24, 2.45) is 11.8 Å². The van der Waals surface area contributed by atoms with Gasteiger partial charge in [0, 0.05) is 17.3 Å². The van der Waals surface area contributed by atoms with Crippen molar-refractivity contribution in [2.75, 3.05) is 5.32 Å². The van der Waals surface area contributed by atoms with Crippen LogP contribution in [0.2, 0.25) is 0 Å². The number of rotatable bonds is 3. The van der Waals surface area contributed by atoms with Crippen LogP contribution >= 0.6 is 0 Å². The van der Waals surface area contributed by atoms with Crippen molar-refractivity contribution in [3.8, 4) is 0 Å². The van der Waals surface area contributed by atoms with Crippen LogP contribution in [-0.4, -0.2) is 39.9 Å². The lowest BCUT2D eigenvalue weighted by molar-refractivity contribution is -0.143. The minimum atomic E-state index is -1.42. The number of para-hydroxylation sites is 1. The summed E-state index contributed by atoms with van der Waals surface area (Å²) < 4.78 is 13.2. The zero-order valence-corrected chi connectivity index (χ0v) is 16.1. The van der Waals surface area contributed by atoms with Crippen LogP contribution in [0, 0.1) is 17.7 Å². The van der Waals surface area contributed by atoms with Crippen molar-refractivity contribution in [2.45, 2.75) is 31.2 Å². The van der Waals surface area contributed by atoms with Gasteiger partial charge in [-0.2, -0.15) is 0 Å². The molecule has 3 aliphatic heterocycles. The zero-order valence-electron chi connectivity index (χ0n) is 16.1. The normalized spacial score (nSPS) is 30.6. The molecule has 154 valence electrons. The lowest BCUT2D eigenvalue weighted by atomic mass is 9.76. The number of aliphatic hydroxyl groups is 1. The fourth-order valence-electron chi connectivity index (χ4n) is 5.09. The molecule has 0 bridgehead atoms. The second-order valence-electron chi connectivity index (χ2n) is 8.11. The molecule has 0 aliphatic carbocycles. The molecule has 1 spiro atoms. The Morgan fingerprint density at radius 1 is 1.10 bits per heavy atom. The number of imide groups is 1. The van der Waals surface area contributed by atoms with Gasteiger partial charge in [0.1, 0.15) is 11.4 Å². The van der Waals surface area contributed by atoms with Gasteiger partial charge in [-0.1, -0.05) is 30.3 Å². The van der Waals surface area contributed by atoms with Crippen molar-refractivity contribution >= 4 is 23.4 Å². The van der Waals surface area contributed by atoms with Crippen LogP contribution in [0.4, 0.5) is 10.1 Å². The summed E-state index contributed by atoms with van der Waals surface area (Å²) in [6.07, 6.45) is -0.958. The fraction of sp³-hybridized carbons (Fsp3) is 0.318. The van der Waals surface area contributed by atoms with Gasteiger partial charge in [0.2, 0.25) is 17.7 Å². The zero-order chi connectivity index (χ0) is 21.2. The Bertz CT molecular complexity index is 1070. The summed E-state index contributed by atoms with van der Waals surface area (Å²) in [6.45, 7) is 1.52. The van der Waals surface area contributed by atoms with Crippen LogP contribution < -0.4 is 10.6 Å². The number of halogens is 1. The largest absolute Gasteiger partial charge is 0.392 e. The van der Waals surface area contributed by atoms with Gasteiger partial charge in [-0.25, -0.2) is 4.39 Å². The number of hydrogen-bond donors (Lipinski definition) is 3. The van der Waals surface area contributed by atoms with E-state index in [4.69, 9.17) is 0 Å². The number of nitrogens with zero attached hydrogens (tertiary/aromatic N) is 1. The Morgan fingerprint density at radius 2 is 1.80 bits per heavy atom. The number of carbonyl (C=O) groups excluding carboxylic acids is 3. The molecular formula is C22H20FN3O4. The molecule has 0 saturated carbocycles. The van der Waals surface area contributed by atoms with E-state index in [9.17, 15) is 23.9 Å². The van der Waals surface area contributed by atoms with E-state index in [1.807, 2.05) is 0 Å². The number of carbonyl (C=O) groups is 3. The highest BCUT2D eigenvalue weighted by Gasteiger charge is 2.70. The molecular weight excluding hydrogens is 389 g/mol. The number of likely N-dealkylation sites (tertiary alicyclic amines) is 1. The molecule has 2 saturated heterocycles. The van der Waals surface area contributed by atoms with Gasteiger partial charge >= 0.3 is 0 Å². The first-order chi connectivity index (χ1) is 14.3. The van der Waals surface area contributed by atoms with E-state index >= 15 is 0 Å². The standard InChI is InChI=1S/C22H20FN3O4/c1-11(27)18-16-17(22(25-18)14-4-2-3-5-15(14)24-21(22)30)20(29)26(19(16)28)10-12-6-8-13(23)9-7-12/h2-9,11,16-18,25,27H,10H2,1H3,(H,24,30)/t11-,16-,17-,18+,22-/m0/s1. The quantitative estimate of drug-likeness (QED) is 0.660. The third kappa shape index (κ3) is 2.41. The van der Waals surface area contributed by atoms with Crippen LogP contribution in [-0.2, 0) is 26.5 Å². The van der Waals surface area contributed by atoms with E-state index in [0.717, 1.165) is 4.90 Å². The van der Waals surface area contributed by atoms with Gasteiger partial charge in [0.25, 0.3) is 0 Å². The summed E-state index contributed by atoms with van der Waals surface area (Å²) in [4.78, 5) is 41.0. The molecule has 5 rings (SSSR count). The number of fused-ring (bicyclic) bond motifs is 4. The van der Waals surface area contributed by atoms with Crippen LogP contribution in [0.25, 0.3) is 0 Å². The van der Waals surface area contributed by atoms with E-state index in [2.05, 4.69) is 10.6 Å². The highest BCUT2D eigenvalue weighted by molar-refractivity contribution is 6.15. The van der Waals surface area contributed by atoms with E-state index in [0.29, 0.717) is 16.8 Å². The Labute approximate surface area is 171 Å². The summed E-state index contributed by atoms with van der Waals surface area (Å²) in [5.74, 6) is -3.60. The average molecular weight is 409 g/mol. The van der Waals surface area contributed by atoms with Crippen molar-refractivity contribution in [1.29, 1.82) is 0 Å². The van der Waals surface area contributed by atoms with Crippen LogP contribution in [0.1, 0.15) is 18.1 Å². The highest BCUT2D eigenvalue weighted by atomic mass is 19.1. The Kier molecular flexibility index (Phi) is 4.06. The first kappa shape index (κ1) is 18.9. The number of benzene rings is 2. The molecule has 2 aromatic carbocycles. The predicted octanol–water partition coefficient (Wildman–Crippen LogP) is 1.13. The van der Waals surface area contributed by atoms with Crippen molar-refractivity contribution in [3.05, 3.63) is 65.5 Å². The molecule has 0 unspecified atom stereocenters. The minimum Gasteiger partial charge on any atom is -0.392 e. The van der Waals surface area contributed by atoms with Gasteiger partial charge < -0.3 is 10.4 Å². The van der Waals surface area contributed by atoms with Gasteiger partial charge in [0.15, 0.2) is 0 Å². The van der Waals surface area contributed by atoms with Crippen molar-refractivity contribution in [1.82, 2.24) is 10.2 Å². The molecule has 3 amide bonds. The summed E-state index contributed by atoms with van der Waals surface area (Å²) in [5, 5.41) is 16.3. The van der Waals surface area contributed by atoms with Gasteiger partial charge in [-0.15, -0.1) is 0 Å². The topological polar surface area (TPSA) is 98.7 Å². The molecule has 3 N–H and O–H groups in total. The number of aliphatic hydroxyl groups excluding tert-OH is 1. The summed E-state index contributed by atoms with van der Waals surface area (Å²) in [6, 6.07) is 11.8. The monoisotopic (exact) mass is 409 g/mol. The van der Waals surface area contributed by atoms with E-state index in [1.165, 1.54) is 31.2 Å². The number of amides is 3. The summed E-state index contributed by atoms with van der Waals surface area (Å²) in [7, 11) is 0. The van der Waals surface area contributed by atoms with E-state index in [1.54, 1.807) is 24.3 Å². The lowest BCUT2D eigenvalue weighted by Crippen LogP contribution is -2.54. The predicted molar refractivity (Wildman–Crippen MR) is 104 cm³/mol. The molecule has 3 aliphatic rings. The molecule has 3 heterocycles. The second kappa shape index (κ2) is 6.45. The van der Waals surface area contributed by atoms with Gasteiger partial charge in [-0.05, 0) is 30.7 Å². The van der Waals surface area contributed by atoms with Crippen molar-refractivity contribution < 1.29 is 23.9 Å². The van der Waals surface area contributed by atoms with Crippen LogP contribution in [0.5, 0.6) is 0 Å². The first-order valence-corrected chi connectivity index (χ1v) is 9.81. The van der Waals surface area contributed by atoms with Gasteiger partial charge in [0.05, 0.1) is 24.5 Å². The lowest BCUT2D eigenvalue weighted by Gasteiger charge is -2.30. The third-order valence-electron chi connectivity index (χ3n) is 6.42.